The molecule has 8 heterocycles. The maximum absolute atomic E-state index is 7.57. The minimum atomic E-state index is -1.34. The molecule has 0 bridgehead atoms. The molecule has 0 unspecified atom stereocenters. The first-order valence-electron chi connectivity index (χ1n) is 47.5. The van der Waals surface area contributed by atoms with Gasteiger partial charge in [0.1, 0.15) is 0 Å². The summed E-state index contributed by atoms with van der Waals surface area (Å²) in [5.41, 5.74) is 30.6. The van der Waals surface area contributed by atoms with Crippen molar-refractivity contribution in [2.75, 3.05) is 0 Å². The van der Waals surface area contributed by atoms with Gasteiger partial charge in [-0.3, -0.25) is 0 Å². The van der Waals surface area contributed by atoms with E-state index >= 15 is 0 Å². The number of benzene rings is 12. The molecule has 4 radical (unpaired) electrons. The van der Waals surface area contributed by atoms with Gasteiger partial charge in [0, 0.05) is 152 Å². The second-order valence-electron chi connectivity index (χ2n) is 29.7. The van der Waals surface area contributed by atoms with E-state index in [9.17, 15) is 0 Å². The van der Waals surface area contributed by atoms with Crippen molar-refractivity contribution >= 4 is 0 Å². The number of hydrogen-bond acceptors (Lipinski definition) is 8. The molecule has 684 valence electrons. The second kappa shape index (κ2) is 58.6. The normalized spacial score (nSPS) is 11.2. The third-order valence-electron chi connectivity index (χ3n) is 20.8. The van der Waals surface area contributed by atoms with Gasteiger partial charge in [-0.1, -0.05) is 240 Å². The van der Waals surface area contributed by atoms with Gasteiger partial charge in [0.2, 0.25) is 0 Å². The number of aromatic nitrogens is 8. The standard InChI is InChI=1S/C19H16N.2C18H14N.C17H12N.4C13H12N.4Ir/c1-2-15-13-19(17-11-7-4-8-12-17)20-14-18(15)16-9-5-3-6-10-16;1-14-12-18(16-10-6-3-7-11-16)19-13-17(14)15-8-4-2-5-9-15;1-14-7-9-15(10-8-14)17-11-12-18(19-13-17)16-5-3-2-4-6-16;1-3-7-14(8-4-1)16-11-12-17(18-13-16)15-9-5-2-6-10-15;4*1-2-11-8-9-13(14-10-11)12-6-4-3-5-7-12;;;;/h3-11,13-14H,2H2,1H3;2-10,12-13H,1H3;2-5,7-13H,1H3;1-9,11-13H;4*3-6,8-10H,2H2,1H3;;;;/q8*-1;;;;/i;;;;4*2D2;;;;. The first kappa shape index (κ1) is 94.2. The number of pyridine rings is 8. The quantitative estimate of drug-likeness (QED) is 0.0831. The molecule has 0 saturated carbocycles. The summed E-state index contributed by atoms with van der Waals surface area (Å²) in [6, 6.07) is 154. The fourth-order valence-corrected chi connectivity index (χ4v) is 13.5. The molecule has 0 atom stereocenters. The third kappa shape index (κ3) is 32.9. The third-order valence-corrected chi connectivity index (χ3v) is 20.8. The maximum atomic E-state index is 7.57. The van der Waals surface area contributed by atoms with Crippen LogP contribution in [0, 0.1) is 62.4 Å². The van der Waals surface area contributed by atoms with Crippen molar-refractivity contribution in [2.24, 2.45) is 0 Å². The summed E-state index contributed by atoms with van der Waals surface area (Å²) in [6.45, 7) is 12.5. The minimum Gasteiger partial charge on any atom is -0.304 e. The molecule has 0 fully saturated rings. The fourth-order valence-electron chi connectivity index (χ4n) is 13.5. The summed E-state index contributed by atoms with van der Waals surface area (Å²) >= 11 is 0. The summed E-state index contributed by atoms with van der Waals surface area (Å²) < 4.78 is 60.5. The molecule has 8 aromatic heterocycles. The Labute approximate surface area is 870 Å². The summed E-state index contributed by atoms with van der Waals surface area (Å²) in [5, 5.41) is 0. The van der Waals surface area contributed by atoms with Gasteiger partial charge >= 0.3 is 0 Å². The summed E-state index contributed by atoms with van der Waals surface area (Å²) in [6.07, 6.45) is 9.69. The molecular weight excluding hydrogens is 2370 g/mol. The summed E-state index contributed by atoms with van der Waals surface area (Å²) in [7, 11) is 0. The van der Waals surface area contributed by atoms with Gasteiger partial charge in [0.05, 0.1) is 0 Å². The van der Waals surface area contributed by atoms with Crippen molar-refractivity contribution in [3.63, 3.8) is 0 Å². The van der Waals surface area contributed by atoms with E-state index in [1.54, 1.807) is 49.1 Å². The van der Waals surface area contributed by atoms with Gasteiger partial charge in [0.15, 0.2) is 0 Å². The predicted octanol–water partition coefficient (Wildman–Crippen LogP) is 30.5. The molecule has 0 aliphatic carbocycles. The van der Waals surface area contributed by atoms with E-state index in [1.807, 2.05) is 298 Å². The van der Waals surface area contributed by atoms with Gasteiger partial charge in [0.25, 0.3) is 0 Å². The second-order valence-corrected chi connectivity index (χ2v) is 29.7. The predicted molar refractivity (Wildman–Crippen MR) is 546 cm³/mol. The van der Waals surface area contributed by atoms with Crippen LogP contribution in [0.2, 0.25) is 0 Å². The van der Waals surface area contributed by atoms with Crippen molar-refractivity contribution in [3.8, 4) is 135 Å². The Hall–Kier alpha value is -13.6. The topological polar surface area (TPSA) is 103 Å². The van der Waals surface area contributed by atoms with Crippen LogP contribution in [0.1, 0.15) is 84.5 Å². The molecule has 8 nitrogen and oxygen atoms in total. The van der Waals surface area contributed by atoms with Gasteiger partial charge in [-0.05, 0) is 158 Å². The van der Waals surface area contributed by atoms with Crippen LogP contribution in [0.4, 0.5) is 0 Å². The molecule has 0 N–H and O–H groups in total. The van der Waals surface area contributed by atoms with Crippen molar-refractivity contribution in [3.05, 3.63) is 531 Å². The number of nitrogens with zero attached hydrogens (tertiary/aromatic N) is 8. The Morgan fingerprint density at radius 2 is 0.434 bits per heavy atom. The SMILES string of the molecule is CCc1cc(-c2[c-]cccc2)ncc1-c1ccccc1.Cc1cc(-c2[c-]cccc2)ncc1-c1ccccc1.Cc1ccc(-c2ccc(-c3[c-]cccc3)nc2)cc1.[2H]C([2H])(C)c1ccc(-c2[c-]cccc2)nc1.[2H]C([2H])(C)c1ccc(-c2[c-]cccc2)nc1.[2H]C([2H])(C)c1ccc(-c2[c-]cccc2)nc1.[2H]C([2H])(C)c1ccc(-c2[c-]cccc2)nc1.[Ir].[Ir].[Ir].[Ir].[c-]1ccccc1-c1ccc(-c2ccccc2)cn1. The molecule has 136 heavy (non-hydrogen) atoms. The molecular formula is C124H104Ir4N8-8. The van der Waals surface area contributed by atoms with E-state index in [4.69, 9.17) is 11.0 Å². The monoisotopic (exact) mass is 2480 g/mol. The first-order valence-corrected chi connectivity index (χ1v) is 43.5. The number of aryl methyl sites for hydroxylation is 7. The van der Waals surface area contributed by atoms with Gasteiger partial charge in [-0.25, -0.2) is 0 Å². The molecule has 12 aromatic carbocycles. The average molecular weight is 2480 g/mol. The first-order chi connectivity index (χ1) is 67.8. The zero-order chi connectivity index (χ0) is 98.5. The van der Waals surface area contributed by atoms with Crippen LogP contribution in [0.15, 0.2) is 444 Å². The number of hydrogen-bond donors (Lipinski definition) is 0. The van der Waals surface area contributed by atoms with Gasteiger partial charge in [-0.2, -0.15) is 0 Å². The molecule has 12 heteroatoms. The van der Waals surface area contributed by atoms with Crippen LogP contribution >= 0.6 is 0 Å². The molecule has 0 aliphatic rings. The fraction of sp³-hybridized carbons (Fsp3) is 0.0968. The average Bonchev–Trinajstić information content (AvgIpc) is 0.849. The van der Waals surface area contributed by atoms with Crippen molar-refractivity contribution in [1.82, 2.24) is 39.9 Å². The molecule has 0 spiro atoms. The van der Waals surface area contributed by atoms with Crippen molar-refractivity contribution in [2.45, 2.75) is 80.4 Å². The van der Waals surface area contributed by atoms with Crippen molar-refractivity contribution in [1.29, 1.82) is 0 Å². The van der Waals surface area contributed by atoms with Crippen molar-refractivity contribution < 1.29 is 91.4 Å². The van der Waals surface area contributed by atoms with Crippen LogP contribution in [-0.2, 0) is 112 Å². The Morgan fingerprint density at radius 3 is 0.676 bits per heavy atom. The van der Waals surface area contributed by atoms with E-state index in [0.29, 0.717) is 22.3 Å². The zero-order valence-electron chi connectivity index (χ0n) is 84.3. The molecule has 20 rings (SSSR count). The zero-order valence-corrected chi connectivity index (χ0v) is 85.8. The molecule has 20 aromatic rings. The Morgan fingerprint density at radius 1 is 0.206 bits per heavy atom. The van der Waals surface area contributed by atoms with Crippen LogP contribution in [0.25, 0.3) is 135 Å². The van der Waals surface area contributed by atoms with Crippen LogP contribution in [0.3, 0.4) is 0 Å². The van der Waals surface area contributed by atoms with Crippen LogP contribution in [0.5, 0.6) is 0 Å². The van der Waals surface area contributed by atoms with Crippen LogP contribution < -0.4 is 0 Å². The largest absolute Gasteiger partial charge is 0.304 e. The van der Waals surface area contributed by atoms with E-state index in [-0.39, 0.29) is 80.4 Å². The summed E-state index contributed by atoms with van der Waals surface area (Å²) in [5.74, 6) is 0. The Bertz CT molecular complexity index is 6650. The Balaban J connectivity index is 0.000000183. The minimum absolute atomic E-state index is 0. The van der Waals surface area contributed by atoms with Gasteiger partial charge in [-0.15, -0.1) is 287 Å². The smallest absolute Gasteiger partial charge is 0.0314 e. The van der Waals surface area contributed by atoms with E-state index in [2.05, 4.69) is 206 Å². The molecule has 0 aliphatic heterocycles. The number of rotatable bonds is 17. The summed E-state index contributed by atoms with van der Waals surface area (Å²) in [4.78, 5) is 35.1. The van der Waals surface area contributed by atoms with E-state index < -0.39 is 25.5 Å². The van der Waals surface area contributed by atoms with E-state index in [1.165, 1.54) is 77.8 Å². The van der Waals surface area contributed by atoms with Crippen LogP contribution in [-0.4, -0.2) is 39.9 Å². The maximum Gasteiger partial charge on any atom is 0.0314 e. The van der Waals surface area contributed by atoms with Gasteiger partial charge < -0.3 is 39.9 Å². The Kier molecular flexibility index (Phi) is 40.6. The van der Waals surface area contributed by atoms with E-state index in [0.717, 1.165) is 108 Å². The molecule has 0 saturated heterocycles. The molecule has 0 amide bonds.